The summed E-state index contributed by atoms with van der Waals surface area (Å²) in [5, 5.41) is 0.495. The molecule has 2 atom stereocenters. The number of ether oxygens (including phenoxy) is 1. The van der Waals surface area contributed by atoms with Crippen LogP contribution in [0.25, 0.3) is 11.0 Å². The topological polar surface area (TPSA) is 72.4 Å². The van der Waals surface area contributed by atoms with Crippen LogP contribution in [0.4, 0.5) is 4.79 Å². The van der Waals surface area contributed by atoms with Crippen molar-refractivity contribution in [1.29, 1.82) is 0 Å². The van der Waals surface area contributed by atoms with E-state index in [0.29, 0.717) is 23.9 Å². The highest BCUT2D eigenvalue weighted by Crippen LogP contribution is 2.22. The first-order chi connectivity index (χ1) is 11.8. The van der Waals surface area contributed by atoms with Gasteiger partial charge in [0.1, 0.15) is 10.6 Å². The highest BCUT2D eigenvalue weighted by Gasteiger charge is 2.31. The number of amides is 1. The molecule has 7 heteroatoms. The monoisotopic (exact) mass is 361 g/mol. The molecule has 2 heterocycles. The number of fused-ring (bicyclic) bond motifs is 1. The van der Waals surface area contributed by atoms with Crippen molar-refractivity contribution < 1.29 is 13.7 Å². The van der Waals surface area contributed by atoms with Crippen LogP contribution in [0.2, 0.25) is 0 Å². The van der Waals surface area contributed by atoms with Gasteiger partial charge >= 0.3 is 6.09 Å². The molecule has 1 aliphatic rings. The molecule has 25 heavy (non-hydrogen) atoms. The summed E-state index contributed by atoms with van der Waals surface area (Å²) < 4.78 is 18.0. The predicted molar refractivity (Wildman–Crippen MR) is 96.7 cm³/mol. The summed E-state index contributed by atoms with van der Waals surface area (Å²) >= 11 is 0. The maximum Gasteiger partial charge on any atom is 0.410 e. The van der Waals surface area contributed by atoms with Gasteiger partial charge in [-0.25, -0.2) is 9.78 Å². The molecule has 1 aromatic heterocycles. The molecule has 1 aliphatic heterocycles. The van der Waals surface area contributed by atoms with E-state index >= 15 is 0 Å². The Morgan fingerprint density at radius 3 is 2.76 bits per heavy atom. The summed E-state index contributed by atoms with van der Waals surface area (Å²) in [7, 11) is -1.23. The van der Waals surface area contributed by atoms with Crippen LogP contribution in [0.3, 0.4) is 0 Å². The highest BCUT2D eigenvalue weighted by atomic mass is 32.2. The Balaban J connectivity index is 1.60. The number of likely N-dealkylation sites (tertiary alicyclic amines) is 1. The number of aromatic nitrogens is 2. The van der Waals surface area contributed by atoms with Gasteiger partial charge in [0.15, 0.2) is 0 Å². The molecule has 0 aliphatic carbocycles. The van der Waals surface area contributed by atoms with Crippen LogP contribution < -0.4 is 0 Å². The molecule has 3 rings (SSSR count). The Morgan fingerprint density at radius 1 is 1.32 bits per heavy atom. The van der Waals surface area contributed by atoms with Crippen molar-refractivity contribution in [1.82, 2.24) is 14.9 Å². The smallest absolute Gasteiger partial charge is 0.410 e. The summed E-state index contributed by atoms with van der Waals surface area (Å²) in [6.07, 6.45) is 2.11. The summed E-state index contributed by atoms with van der Waals surface area (Å²) in [6.45, 7) is 6.77. The van der Waals surface area contributed by atoms with Gasteiger partial charge in [0, 0.05) is 18.8 Å². The zero-order chi connectivity index (χ0) is 18.0. The molecule has 0 bridgehead atoms. The number of hydrogen-bond acceptors (Lipinski definition) is 5. The van der Waals surface area contributed by atoms with E-state index in [9.17, 15) is 9.00 Å². The Hall–Kier alpha value is -2.02. The lowest BCUT2D eigenvalue weighted by atomic mass is 10.2. The van der Waals surface area contributed by atoms with Gasteiger partial charge in [-0.15, -0.1) is 0 Å². The lowest BCUT2D eigenvalue weighted by Gasteiger charge is -2.24. The first-order valence-corrected chi connectivity index (χ1v) is 9.72. The van der Waals surface area contributed by atoms with E-state index in [4.69, 9.17) is 4.74 Å². The lowest BCUT2D eigenvalue weighted by Crippen LogP contribution is -2.35. The van der Waals surface area contributed by atoms with E-state index in [-0.39, 0.29) is 12.0 Å². The minimum atomic E-state index is -1.23. The molecule has 1 amide bonds. The fourth-order valence-electron chi connectivity index (χ4n) is 2.81. The molecule has 134 valence electrons. The molecule has 1 aromatic carbocycles. The minimum Gasteiger partial charge on any atom is -0.444 e. The maximum atomic E-state index is 12.6. The van der Waals surface area contributed by atoms with Crippen molar-refractivity contribution in [3.05, 3.63) is 30.5 Å². The Bertz CT molecular complexity index is 803. The van der Waals surface area contributed by atoms with Crippen LogP contribution in [0.1, 0.15) is 27.2 Å². The van der Waals surface area contributed by atoms with Crippen molar-refractivity contribution in [3.8, 4) is 0 Å². The van der Waals surface area contributed by atoms with Crippen LogP contribution in [-0.4, -0.2) is 49.6 Å². The molecule has 1 saturated heterocycles. The highest BCUT2D eigenvalue weighted by molar-refractivity contribution is 7.84. The number of carbonyl (C=O) groups excluding carboxylic acids is 1. The molecule has 0 N–H and O–H groups in total. The summed E-state index contributed by atoms with van der Waals surface area (Å²) in [5.41, 5.74) is 1.04. The molecular weight excluding hydrogens is 338 g/mol. The van der Waals surface area contributed by atoms with E-state index in [1.165, 1.54) is 0 Å². The predicted octanol–water partition coefficient (Wildman–Crippen LogP) is 2.99. The molecule has 0 radical (unpaired) electrons. The SMILES string of the molecule is CC(C)(C)OC(=O)N1CC[C@H](C[S@@](=O)c2cnc3ccccc3n2)C1. The normalized spacial score (nSPS) is 19.2. The molecule has 1 fully saturated rings. The van der Waals surface area contributed by atoms with Crippen LogP contribution in [0, 0.1) is 5.92 Å². The third-order valence-electron chi connectivity index (χ3n) is 3.98. The number of nitrogens with zero attached hydrogens (tertiary/aromatic N) is 3. The summed E-state index contributed by atoms with van der Waals surface area (Å²) in [4.78, 5) is 22.6. The Kier molecular flexibility index (Phi) is 5.03. The van der Waals surface area contributed by atoms with Gasteiger partial charge in [-0.1, -0.05) is 12.1 Å². The Morgan fingerprint density at radius 2 is 2.04 bits per heavy atom. The van der Waals surface area contributed by atoms with Crippen LogP contribution >= 0.6 is 0 Å². The second-order valence-corrected chi connectivity index (χ2v) is 8.73. The zero-order valence-electron chi connectivity index (χ0n) is 14.8. The van der Waals surface area contributed by atoms with Gasteiger partial charge in [0.2, 0.25) is 0 Å². The van der Waals surface area contributed by atoms with E-state index < -0.39 is 16.4 Å². The average Bonchev–Trinajstić information content (AvgIpc) is 3.01. The largest absolute Gasteiger partial charge is 0.444 e. The zero-order valence-corrected chi connectivity index (χ0v) is 15.6. The van der Waals surface area contributed by atoms with Crippen molar-refractivity contribution in [2.24, 2.45) is 5.92 Å². The van der Waals surface area contributed by atoms with E-state index in [2.05, 4.69) is 9.97 Å². The number of hydrogen-bond donors (Lipinski definition) is 0. The second kappa shape index (κ2) is 7.07. The number of para-hydroxylation sites is 2. The van der Waals surface area contributed by atoms with Crippen molar-refractivity contribution in [2.75, 3.05) is 18.8 Å². The fourth-order valence-corrected chi connectivity index (χ4v) is 4.05. The quantitative estimate of drug-likeness (QED) is 0.840. The fraction of sp³-hybridized carbons (Fsp3) is 0.500. The number of benzene rings is 1. The third kappa shape index (κ3) is 4.54. The Labute approximate surface area is 150 Å². The van der Waals surface area contributed by atoms with Gasteiger partial charge in [-0.3, -0.25) is 9.19 Å². The van der Waals surface area contributed by atoms with E-state index in [1.54, 1.807) is 11.1 Å². The second-order valence-electron chi connectivity index (χ2n) is 7.29. The van der Waals surface area contributed by atoms with Gasteiger partial charge < -0.3 is 9.64 Å². The maximum absolute atomic E-state index is 12.6. The van der Waals surface area contributed by atoms with E-state index in [1.807, 2.05) is 45.0 Å². The van der Waals surface area contributed by atoms with Crippen LogP contribution in [0.15, 0.2) is 35.5 Å². The van der Waals surface area contributed by atoms with Gasteiger partial charge in [-0.05, 0) is 45.2 Å². The number of rotatable bonds is 3. The molecule has 0 unspecified atom stereocenters. The van der Waals surface area contributed by atoms with Gasteiger partial charge in [0.25, 0.3) is 0 Å². The first kappa shape index (κ1) is 17.8. The lowest BCUT2D eigenvalue weighted by molar-refractivity contribution is 0.0289. The molecular formula is C18H23N3O3S. The molecule has 6 nitrogen and oxygen atoms in total. The summed E-state index contributed by atoms with van der Waals surface area (Å²) in [5.74, 6) is 0.661. The van der Waals surface area contributed by atoms with Crippen molar-refractivity contribution in [3.63, 3.8) is 0 Å². The number of carbonyl (C=O) groups is 1. The summed E-state index contributed by atoms with van der Waals surface area (Å²) in [6, 6.07) is 7.53. The van der Waals surface area contributed by atoms with Gasteiger partial charge in [-0.2, -0.15) is 0 Å². The van der Waals surface area contributed by atoms with E-state index in [0.717, 1.165) is 17.5 Å². The molecule has 0 spiro atoms. The molecule has 2 aromatic rings. The molecule has 0 saturated carbocycles. The van der Waals surface area contributed by atoms with Crippen molar-refractivity contribution in [2.45, 2.75) is 37.8 Å². The average molecular weight is 361 g/mol. The first-order valence-electron chi connectivity index (χ1n) is 8.40. The minimum absolute atomic E-state index is 0.182. The standard InChI is InChI=1S/C18H23N3O3S/c1-18(2,3)24-17(22)21-9-8-13(11-21)12-25(23)16-10-19-14-6-4-5-7-15(14)20-16/h4-7,10,13H,8-9,11-12H2,1-3H3/t13-,25+/m0/s1. The van der Waals surface area contributed by atoms with Crippen LogP contribution in [0.5, 0.6) is 0 Å². The van der Waals surface area contributed by atoms with Crippen LogP contribution in [-0.2, 0) is 15.5 Å². The van der Waals surface area contributed by atoms with Gasteiger partial charge in [0.05, 0.1) is 28.0 Å². The van der Waals surface area contributed by atoms with Crippen molar-refractivity contribution >= 4 is 27.9 Å². The third-order valence-corrected chi connectivity index (χ3v) is 5.42.